The van der Waals surface area contributed by atoms with Crippen molar-refractivity contribution in [2.45, 2.75) is 4.90 Å². The van der Waals surface area contributed by atoms with Crippen LogP contribution in [0.4, 0.5) is 0 Å². The molecule has 0 radical (unpaired) electrons. The number of benzene rings is 2. The Labute approximate surface area is 106 Å². The SMILES string of the molecule is COc1ccc(S/C=C/c2ccccc2)cc1. The topological polar surface area (TPSA) is 9.23 Å². The summed E-state index contributed by atoms with van der Waals surface area (Å²) in [4.78, 5) is 1.21. The summed E-state index contributed by atoms with van der Waals surface area (Å²) >= 11 is 1.70. The Balaban J connectivity index is 1.95. The monoisotopic (exact) mass is 242 g/mol. The number of hydrogen-bond donors (Lipinski definition) is 0. The molecule has 1 nitrogen and oxygen atoms in total. The summed E-state index contributed by atoms with van der Waals surface area (Å²) in [5.41, 5.74) is 1.22. The Bertz CT molecular complexity index is 474. The van der Waals surface area contributed by atoms with Gasteiger partial charge in [-0.1, -0.05) is 42.1 Å². The molecule has 0 saturated heterocycles. The molecule has 0 aliphatic carbocycles. The highest BCUT2D eigenvalue weighted by Gasteiger charge is 1.92. The van der Waals surface area contributed by atoms with Gasteiger partial charge in [0, 0.05) is 4.90 Å². The minimum absolute atomic E-state index is 0.890. The number of ether oxygens (including phenoxy) is 1. The van der Waals surface area contributed by atoms with E-state index in [9.17, 15) is 0 Å². The zero-order valence-electron chi connectivity index (χ0n) is 9.67. The first-order valence-electron chi connectivity index (χ1n) is 5.41. The highest BCUT2D eigenvalue weighted by Crippen LogP contribution is 2.22. The van der Waals surface area contributed by atoms with Crippen LogP contribution >= 0.6 is 11.8 Å². The van der Waals surface area contributed by atoms with Gasteiger partial charge in [0.2, 0.25) is 0 Å². The zero-order valence-corrected chi connectivity index (χ0v) is 10.5. The van der Waals surface area contributed by atoms with E-state index in [1.165, 1.54) is 10.5 Å². The molecule has 0 amide bonds. The van der Waals surface area contributed by atoms with Crippen LogP contribution in [0.25, 0.3) is 6.08 Å². The molecule has 2 rings (SSSR count). The molecule has 2 heteroatoms. The van der Waals surface area contributed by atoms with Gasteiger partial charge in [-0.05, 0) is 41.3 Å². The summed E-state index contributed by atoms with van der Waals surface area (Å²) in [5, 5.41) is 2.09. The van der Waals surface area contributed by atoms with Gasteiger partial charge in [-0.25, -0.2) is 0 Å². The first kappa shape index (κ1) is 11.8. The Kier molecular flexibility index (Phi) is 4.28. The highest BCUT2D eigenvalue weighted by atomic mass is 32.2. The van der Waals surface area contributed by atoms with Crippen molar-refractivity contribution in [1.82, 2.24) is 0 Å². The van der Waals surface area contributed by atoms with Crippen LogP contribution in [0, 0.1) is 0 Å². The fraction of sp³-hybridized carbons (Fsp3) is 0.0667. The smallest absolute Gasteiger partial charge is 0.118 e. The van der Waals surface area contributed by atoms with E-state index in [0.29, 0.717) is 0 Å². The van der Waals surface area contributed by atoms with Crippen molar-refractivity contribution in [3.8, 4) is 5.75 Å². The molecule has 86 valence electrons. The maximum absolute atomic E-state index is 5.12. The van der Waals surface area contributed by atoms with Crippen LogP contribution in [-0.4, -0.2) is 7.11 Å². The average molecular weight is 242 g/mol. The first-order valence-corrected chi connectivity index (χ1v) is 6.29. The van der Waals surface area contributed by atoms with E-state index < -0.39 is 0 Å². The summed E-state index contributed by atoms with van der Waals surface area (Å²) in [7, 11) is 1.68. The van der Waals surface area contributed by atoms with E-state index in [0.717, 1.165) is 5.75 Å². The van der Waals surface area contributed by atoms with Crippen LogP contribution in [0.5, 0.6) is 5.75 Å². The predicted molar refractivity (Wildman–Crippen MR) is 74.3 cm³/mol. The second-order valence-corrected chi connectivity index (χ2v) is 4.49. The van der Waals surface area contributed by atoms with Crippen molar-refractivity contribution in [3.05, 3.63) is 65.6 Å². The van der Waals surface area contributed by atoms with E-state index in [4.69, 9.17) is 4.74 Å². The fourth-order valence-electron chi connectivity index (χ4n) is 1.41. The van der Waals surface area contributed by atoms with Gasteiger partial charge in [0.15, 0.2) is 0 Å². The standard InChI is InChI=1S/C15H14OS/c1-16-14-7-9-15(10-8-14)17-12-11-13-5-3-2-4-6-13/h2-12H,1H3/b12-11+. The lowest BCUT2D eigenvalue weighted by molar-refractivity contribution is 0.414. The largest absolute Gasteiger partial charge is 0.497 e. The molecule has 0 aliphatic rings. The van der Waals surface area contributed by atoms with E-state index >= 15 is 0 Å². The second kappa shape index (κ2) is 6.16. The molecule has 0 aromatic heterocycles. The van der Waals surface area contributed by atoms with Crippen molar-refractivity contribution < 1.29 is 4.74 Å². The molecule has 0 heterocycles. The molecule has 0 unspecified atom stereocenters. The van der Waals surface area contributed by atoms with Crippen LogP contribution in [0.1, 0.15) is 5.56 Å². The predicted octanol–water partition coefficient (Wildman–Crippen LogP) is 4.46. The van der Waals surface area contributed by atoms with Gasteiger partial charge in [0.1, 0.15) is 5.75 Å². The molecule has 0 aliphatic heterocycles. The Morgan fingerprint density at radius 3 is 2.29 bits per heavy atom. The van der Waals surface area contributed by atoms with E-state index in [2.05, 4.69) is 35.7 Å². The Morgan fingerprint density at radius 1 is 0.941 bits per heavy atom. The van der Waals surface area contributed by atoms with Gasteiger partial charge in [0.05, 0.1) is 7.11 Å². The molecule has 0 spiro atoms. The van der Waals surface area contributed by atoms with Gasteiger partial charge in [-0.2, -0.15) is 0 Å². The Morgan fingerprint density at radius 2 is 1.65 bits per heavy atom. The van der Waals surface area contributed by atoms with Crippen LogP contribution in [-0.2, 0) is 0 Å². The van der Waals surface area contributed by atoms with Gasteiger partial charge in [-0.3, -0.25) is 0 Å². The summed E-state index contributed by atoms with van der Waals surface area (Å²) in [6.07, 6.45) is 2.11. The third kappa shape index (κ3) is 3.68. The molecular weight excluding hydrogens is 228 g/mol. The second-order valence-electron chi connectivity index (χ2n) is 3.51. The van der Waals surface area contributed by atoms with E-state index in [-0.39, 0.29) is 0 Å². The molecular formula is C15H14OS. The van der Waals surface area contributed by atoms with Gasteiger partial charge < -0.3 is 4.74 Å². The lowest BCUT2D eigenvalue weighted by Crippen LogP contribution is -1.80. The first-order chi connectivity index (χ1) is 8.38. The molecule has 0 saturated carbocycles. The lowest BCUT2D eigenvalue weighted by atomic mass is 10.2. The minimum Gasteiger partial charge on any atom is -0.497 e. The van der Waals surface area contributed by atoms with Crippen LogP contribution in [0.3, 0.4) is 0 Å². The van der Waals surface area contributed by atoms with Crippen molar-refractivity contribution in [1.29, 1.82) is 0 Å². The fourth-order valence-corrected chi connectivity index (χ4v) is 2.09. The third-order valence-corrected chi connectivity index (χ3v) is 3.14. The quantitative estimate of drug-likeness (QED) is 0.732. The molecule has 17 heavy (non-hydrogen) atoms. The highest BCUT2D eigenvalue weighted by molar-refractivity contribution is 8.02. The van der Waals surface area contributed by atoms with Crippen molar-refractivity contribution in [3.63, 3.8) is 0 Å². The molecule has 0 N–H and O–H groups in total. The van der Waals surface area contributed by atoms with Crippen LogP contribution < -0.4 is 4.74 Å². The molecule has 2 aromatic rings. The number of methoxy groups -OCH3 is 1. The maximum atomic E-state index is 5.12. The minimum atomic E-state index is 0.890. The molecule has 0 fully saturated rings. The summed E-state index contributed by atoms with van der Waals surface area (Å²) in [6.45, 7) is 0. The molecule has 0 atom stereocenters. The molecule has 0 bridgehead atoms. The third-order valence-electron chi connectivity index (χ3n) is 2.32. The lowest BCUT2D eigenvalue weighted by Gasteiger charge is -2.00. The number of rotatable bonds is 4. The van der Waals surface area contributed by atoms with Crippen molar-refractivity contribution >= 4 is 17.8 Å². The van der Waals surface area contributed by atoms with E-state index in [1.807, 2.05) is 30.3 Å². The van der Waals surface area contributed by atoms with Crippen molar-refractivity contribution in [2.24, 2.45) is 0 Å². The van der Waals surface area contributed by atoms with E-state index in [1.54, 1.807) is 18.9 Å². The summed E-state index contributed by atoms with van der Waals surface area (Å²) in [6, 6.07) is 18.3. The Hall–Kier alpha value is -1.67. The normalized spacial score (nSPS) is 10.6. The van der Waals surface area contributed by atoms with Crippen LogP contribution in [0.2, 0.25) is 0 Å². The van der Waals surface area contributed by atoms with Gasteiger partial charge in [-0.15, -0.1) is 0 Å². The van der Waals surface area contributed by atoms with Crippen LogP contribution in [0.15, 0.2) is 64.9 Å². The van der Waals surface area contributed by atoms with Crippen molar-refractivity contribution in [2.75, 3.05) is 7.11 Å². The van der Waals surface area contributed by atoms with Gasteiger partial charge in [0.25, 0.3) is 0 Å². The van der Waals surface area contributed by atoms with Gasteiger partial charge >= 0.3 is 0 Å². The summed E-state index contributed by atoms with van der Waals surface area (Å²) < 4.78 is 5.12. The maximum Gasteiger partial charge on any atom is 0.118 e. The summed E-state index contributed by atoms with van der Waals surface area (Å²) in [5.74, 6) is 0.890. The number of thioether (sulfide) groups is 1. The number of hydrogen-bond acceptors (Lipinski definition) is 2. The average Bonchev–Trinajstić information content (AvgIpc) is 2.41. The molecule has 2 aromatic carbocycles. The zero-order chi connectivity index (χ0) is 11.9.